The molecule has 1 aliphatic heterocycles. The summed E-state index contributed by atoms with van der Waals surface area (Å²) in [7, 11) is -2.68. The number of phosphoric acid groups is 1. The van der Waals surface area contributed by atoms with Crippen LogP contribution in [0.1, 0.15) is 43.7 Å². The fraction of sp³-hybridized carbons (Fsp3) is 0.364. The lowest BCUT2D eigenvalue weighted by Crippen LogP contribution is -2.24. The van der Waals surface area contributed by atoms with Gasteiger partial charge in [-0.1, -0.05) is 55.8 Å². The highest BCUT2D eigenvalue weighted by Gasteiger charge is 2.34. The maximum Gasteiger partial charge on any atom is 0.527 e. The zero-order chi connectivity index (χ0) is 20.4. The molecule has 1 fully saturated rings. The SMILES string of the molecule is COc1cccc2c1Sc1ccccc1C=C2OP(=O)(O)OC1CCCCC1C. The first-order valence-corrected chi connectivity index (χ1v) is 12.1. The van der Waals surface area contributed by atoms with Crippen LogP contribution < -0.4 is 4.74 Å². The van der Waals surface area contributed by atoms with Gasteiger partial charge in [0.2, 0.25) is 0 Å². The van der Waals surface area contributed by atoms with Gasteiger partial charge >= 0.3 is 7.82 Å². The molecular formula is C22H25O5PS. The van der Waals surface area contributed by atoms with Gasteiger partial charge in [0.05, 0.1) is 18.1 Å². The van der Waals surface area contributed by atoms with E-state index in [2.05, 4.69) is 6.92 Å². The van der Waals surface area contributed by atoms with Crippen molar-refractivity contribution in [3.63, 3.8) is 0 Å². The second-order valence-corrected chi connectivity index (χ2v) is 9.83. The van der Waals surface area contributed by atoms with Gasteiger partial charge in [-0.15, -0.1) is 0 Å². The summed E-state index contributed by atoms with van der Waals surface area (Å²) in [5, 5.41) is 0. The monoisotopic (exact) mass is 432 g/mol. The molecule has 154 valence electrons. The van der Waals surface area contributed by atoms with Crippen LogP contribution in [0.15, 0.2) is 52.3 Å². The highest BCUT2D eigenvalue weighted by Crippen LogP contribution is 2.54. The van der Waals surface area contributed by atoms with Gasteiger partial charge in [0.25, 0.3) is 0 Å². The van der Waals surface area contributed by atoms with E-state index < -0.39 is 7.82 Å². The van der Waals surface area contributed by atoms with Gasteiger partial charge in [0, 0.05) is 10.5 Å². The highest BCUT2D eigenvalue weighted by atomic mass is 32.2. The fourth-order valence-electron chi connectivity index (χ4n) is 3.83. The molecule has 3 atom stereocenters. The molecule has 0 radical (unpaired) electrons. The molecule has 7 heteroatoms. The number of hydrogen-bond acceptors (Lipinski definition) is 5. The molecular weight excluding hydrogens is 407 g/mol. The minimum Gasteiger partial charge on any atom is -0.496 e. The number of methoxy groups -OCH3 is 1. The molecule has 4 rings (SSSR count). The molecule has 0 spiro atoms. The molecule has 1 N–H and O–H groups in total. The predicted octanol–water partition coefficient (Wildman–Crippen LogP) is 6.37. The zero-order valence-corrected chi connectivity index (χ0v) is 18.2. The lowest BCUT2D eigenvalue weighted by atomic mass is 9.88. The van der Waals surface area contributed by atoms with E-state index in [0.29, 0.717) is 17.1 Å². The Morgan fingerprint density at radius 1 is 1.10 bits per heavy atom. The van der Waals surface area contributed by atoms with Crippen LogP contribution in [0.3, 0.4) is 0 Å². The maximum absolute atomic E-state index is 12.9. The highest BCUT2D eigenvalue weighted by molar-refractivity contribution is 7.99. The summed E-state index contributed by atoms with van der Waals surface area (Å²) in [6.07, 6.45) is 5.43. The number of hydrogen-bond donors (Lipinski definition) is 1. The van der Waals surface area contributed by atoms with Crippen LogP contribution in [0, 0.1) is 5.92 Å². The Kier molecular flexibility index (Phi) is 6.07. The molecule has 0 aromatic heterocycles. The molecule has 29 heavy (non-hydrogen) atoms. The van der Waals surface area contributed by atoms with Crippen molar-refractivity contribution in [2.24, 2.45) is 5.92 Å². The van der Waals surface area contributed by atoms with Crippen molar-refractivity contribution < 1.29 is 23.2 Å². The van der Waals surface area contributed by atoms with Crippen LogP contribution in [0.5, 0.6) is 5.75 Å². The van der Waals surface area contributed by atoms with Gasteiger partial charge < -0.3 is 9.26 Å². The molecule has 1 aliphatic carbocycles. The first kappa shape index (κ1) is 20.5. The van der Waals surface area contributed by atoms with Gasteiger partial charge in [-0.3, -0.25) is 9.42 Å². The summed E-state index contributed by atoms with van der Waals surface area (Å²) < 4.78 is 29.7. The average molecular weight is 432 g/mol. The molecule has 2 aromatic rings. The van der Waals surface area contributed by atoms with Crippen LogP contribution in [0.2, 0.25) is 0 Å². The Morgan fingerprint density at radius 2 is 1.90 bits per heavy atom. The van der Waals surface area contributed by atoms with Crippen LogP contribution in [0.4, 0.5) is 0 Å². The number of fused-ring (bicyclic) bond motifs is 2. The van der Waals surface area contributed by atoms with Crippen molar-refractivity contribution in [1.82, 2.24) is 0 Å². The Morgan fingerprint density at radius 3 is 2.69 bits per heavy atom. The molecule has 3 unspecified atom stereocenters. The third kappa shape index (κ3) is 4.56. The number of rotatable bonds is 5. The van der Waals surface area contributed by atoms with Gasteiger partial charge in [0.1, 0.15) is 11.5 Å². The summed E-state index contributed by atoms with van der Waals surface area (Å²) >= 11 is 1.55. The van der Waals surface area contributed by atoms with Crippen molar-refractivity contribution in [3.05, 3.63) is 53.6 Å². The van der Waals surface area contributed by atoms with Crippen LogP contribution in [0.25, 0.3) is 11.8 Å². The van der Waals surface area contributed by atoms with Crippen molar-refractivity contribution in [1.29, 1.82) is 0 Å². The number of phosphoric ester groups is 1. The lowest BCUT2D eigenvalue weighted by Gasteiger charge is -2.30. The minimum atomic E-state index is -4.30. The van der Waals surface area contributed by atoms with Crippen LogP contribution in [-0.2, 0) is 13.6 Å². The molecule has 5 nitrogen and oxygen atoms in total. The molecule has 1 heterocycles. The summed E-state index contributed by atoms with van der Waals surface area (Å²) in [6, 6.07) is 13.4. The summed E-state index contributed by atoms with van der Waals surface area (Å²) in [5.74, 6) is 1.23. The Hall–Kier alpha value is -1.72. The molecule has 0 amide bonds. The minimum absolute atomic E-state index is 0.236. The second-order valence-electron chi connectivity index (χ2n) is 7.45. The first-order chi connectivity index (χ1) is 14.0. The van der Waals surface area contributed by atoms with E-state index in [4.69, 9.17) is 13.8 Å². The topological polar surface area (TPSA) is 65.0 Å². The van der Waals surface area contributed by atoms with E-state index in [0.717, 1.165) is 41.0 Å². The molecule has 1 saturated carbocycles. The van der Waals surface area contributed by atoms with E-state index in [9.17, 15) is 9.46 Å². The third-order valence-corrected chi connectivity index (χ3v) is 7.58. The number of benzene rings is 2. The van der Waals surface area contributed by atoms with Crippen molar-refractivity contribution in [2.45, 2.75) is 48.5 Å². The summed E-state index contributed by atoms with van der Waals surface area (Å²) in [4.78, 5) is 12.4. The molecule has 2 aliphatic rings. The van der Waals surface area contributed by atoms with Gasteiger partial charge in [-0.25, -0.2) is 4.57 Å². The van der Waals surface area contributed by atoms with Gasteiger partial charge in [-0.05, 0) is 48.6 Å². The second kappa shape index (κ2) is 8.57. The molecule has 0 saturated heterocycles. The summed E-state index contributed by atoms with van der Waals surface area (Å²) in [5.41, 5.74) is 1.62. The van der Waals surface area contributed by atoms with Crippen LogP contribution >= 0.6 is 19.6 Å². The fourth-order valence-corrected chi connectivity index (χ4v) is 6.07. The van der Waals surface area contributed by atoms with Crippen molar-refractivity contribution in [3.8, 4) is 5.75 Å². The molecule has 2 aromatic carbocycles. The van der Waals surface area contributed by atoms with Crippen LogP contribution in [-0.4, -0.2) is 18.1 Å². The maximum atomic E-state index is 12.9. The van der Waals surface area contributed by atoms with Crippen molar-refractivity contribution in [2.75, 3.05) is 7.11 Å². The van der Waals surface area contributed by atoms with E-state index in [1.54, 1.807) is 24.9 Å². The number of ether oxygens (including phenoxy) is 1. The normalized spacial score (nSPS) is 23.1. The largest absolute Gasteiger partial charge is 0.527 e. The molecule has 0 bridgehead atoms. The smallest absolute Gasteiger partial charge is 0.496 e. The predicted molar refractivity (Wildman–Crippen MR) is 115 cm³/mol. The average Bonchev–Trinajstić information content (AvgIpc) is 2.85. The third-order valence-electron chi connectivity index (χ3n) is 5.40. The van der Waals surface area contributed by atoms with E-state index >= 15 is 0 Å². The first-order valence-electron chi connectivity index (χ1n) is 9.83. The van der Waals surface area contributed by atoms with E-state index in [-0.39, 0.29) is 12.0 Å². The van der Waals surface area contributed by atoms with E-state index in [1.165, 1.54) is 0 Å². The van der Waals surface area contributed by atoms with Crippen molar-refractivity contribution >= 4 is 31.4 Å². The Bertz CT molecular complexity index is 973. The van der Waals surface area contributed by atoms with Gasteiger partial charge in [0.15, 0.2) is 0 Å². The zero-order valence-electron chi connectivity index (χ0n) is 16.5. The standard InChI is InChI=1S/C22H25O5PS/c1-15-8-3-5-11-18(15)26-28(23,24)27-20-14-16-9-4-6-13-21(16)29-22-17(20)10-7-12-19(22)25-2/h4,6-7,9-10,12-15,18H,3,5,8,11H2,1-2H3,(H,23,24). The Labute approximate surface area is 175 Å². The quantitative estimate of drug-likeness (QED) is 0.554. The van der Waals surface area contributed by atoms with E-state index in [1.807, 2.05) is 42.5 Å². The lowest BCUT2D eigenvalue weighted by molar-refractivity contribution is 0.0660. The Balaban J connectivity index is 1.70. The summed E-state index contributed by atoms with van der Waals surface area (Å²) in [6.45, 7) is 2.06. The van der Waals surface area contributed by atoms with Gasteiger partial charge in [-0.2, -0.15) is 0 Å².